The molecule has 1 aromatic carbocycles. The van der Waals surface area contributed by atoms with Gasteiger partial charge in [0.1, 0.15) is 11.5 Å². The Kier molecular flexibility index (Phi) is 5.44. The van der Waals surface area contributed by atoms with Crippen LogP contribution < -0.4 is 5.32 Å². The lowest BCUT2D eigenvalue weighted by Crippen LogP contribution is -2.18. The molecule has 25 heavy (non-hydrogen) atoms. The van der Waals surface area contributed by atoms with Crippen molar-refractivity contribution in [2.45, 2.75) is 6.54 Å². The number of hydrogen-bond donors (Lipinski definition) is 1. The molecule has 2 aromatic heterocycles. The van der Waals surface area contributed by atoms with Crippen LogP contribution in [0.5, 0.6) is 0 Å². The summed E-state index contributed by atoms with van der Waals surface area (Å²) in [5.74, 6) is -0.414. The summed E-state index contributed by atoms with van der Waals surface area (Å²) in [7, 11) is 1.69. The lowest BCUT2D eigenvalue weighted by atomic mass is 10.2. The molecule has 3 aromatic rings. The first-order chi connectivity index (χ1) is 11.9. The molecular weight excluding hydrogens is 527 g/mol. The van der Waals surface area contributed by atoms with Crippen LogP contribution in [0.2, 0.25) is 5.02 Å². The summed E-state index contributed by atoms with van der Waals surface area (Å²) in [6, 6.07) is 4.50. The van der Waals surface area contributed by atoms with Crippen LogP contribution in [0.4, 0.5) is 10.2 Å². The number of aryl methyl sites for hydroxylation is 1. The van der Waals surface area contributed by atoms with Gasteiger partial charge in [0.05, 0.1) is 20.8 Å². The van der Waals surface area contributed by atoms with Gasteiger partial charge in [-0.1, -0.05) is 17.7 Å². The second kappa shape index (κ2) is 7.42. The molecule has 1 N–H and O–H groups in total. The minimum Gasteiger partial charge on any atom is -0.303 e. The van der Waals surface area contributed by atoms with Crippen LogP contribution >= 0.6 is 50.1 Å². The van der Waals surface area contributed by atoms with Crippen LogP contribution in [0.25, 0.3) is 0 Å². The van der Waals surface area contributed by atoms with Gasteiger partial charge in [0.2, 0.25) is 0 Å². The molecule has 0 saturated heterocycles. The molecule has 0 atom stereocenters. The van der Waals surface area contributed by atoms with Gasteiger partial charge in [-0.3, -0.25) is 14.2 Å². The number of benzene rings is 1. The molecule has 0 saturated carbocycles. The Hall–Kier alpha value is -1.46. The highest BCUT2D eigenvalue weighted by Gasteiger charge is 2.18. The van der Waals surface area contributed by atoms with Crippen molar-refractivity contribution in [2.24, 2.45) is 7.05 Å². The maximum Gasteiger partial charge on any atom is 0.276 e. The SMILES string of the molecule is Cn1ncc(I)c1C(=O)Nc1nn(Cc2c(F)cccc2Cl)cc1Br. The van der Waals surface area contributed by atoms with E-state index in [1.807, 2.05) is 22.6 Å². The number of hydrogen-bond acceptors (Lipinski definition) is 3. The number of carbonyl (C=O) groups excluding carboxylic acids is 1. The maximum absolute atomic E-state index is 13.9. The number of nitrogens with zero attached hydrogens (tertiary/aromatic N) is 4. The van der Waals surface area contributed by atoms with Crippen molar-refractivity contribution in [3.05, 3.63) is 60.7 Å². The van der Waals surface area contributed by atoms with Crippen molar-refractivity contribution >= 4 is 61.8 Å². The van der Waals surface area contributed by atoms with E-state index < -0.39 is 5.82 Å². The van der Waals surface area contributed by atoms with E-state index >= 15 is 0 Å². The highest BCUT2D eigenvalue weighted by Crippen LogP contribution is 2.24. The number of carbonyl (C=O) groups is 1. The highest BCUT2D eigenvalue weighted by molar-refractivity contribution is 14.1. The summed E-state index contributed by atoms with van der Waals surface area (Å²) >= 11 is 11.4. The van der Waals surface area contributed by atoms with Crippen LogP contribution in [-0.2, 0) is 13.6 Å². The number of anilines is 1. The highest BCUT2D eigenvalue weighted by atomic mass is 127. The molecule has 0 fully saturated rings. The van der Waals surface area contributed by atoms with Crippen LogP contribution in [0.15, 0.2) is 35.1 Å². The third-order valence-electron chi connectivity index (χ3n) is 3.44. The predicted molar refractivity (Wildman–Crippen MR) is 104 cm³/mol. The smallest absolute Gasteiger partial charge is 0.276 e. The molecule has 2 heterocycles. The van der Waals surface area contributed by atoms with E-state index in [9.17, 15) is 9.18 Å². The fourth-order valence-electron chi connectivity index (χ4n) is 2.24. The lowest BCUT2D eigenvalue weighted by Gasteiger charge is -2.06. The number of aromatic nitrogens is 4. The average molecular weight is 539 g/mol. The third kappa shape index (κ3) is 3.87. The minimum atomic E-state index is -0.408. The van der Waals surface area contributed by atoms with Gasteiger partial charge in [0, 0.05) is 23.8 Å². The molecule has 0 spiro atoms. The first-order valence-corrected chi connectivity index (χ1v) is 9.26. The van der Waals surface area contributed by atoms with E-state index in [0.29, 0.717) is 26.6 Å². The number of rotatable bonds is 4. The van der Waals surface area contributed by atoms with Gasteiger partial charge in [-0.05, 0) is 50.7 Å². The topological polar surface area (TPSA) is 64.7 Å². The van der Waals surface area contributed by atoms with Gasteiger partial charge < -0.3 is 5.32 Å². The van der Waals surface area contributed by atoms with Crippen molar-refractivity contribution in [1.82, 2.24) is 19.6 Å². The van der Waals surface area contributed by atoms with E-state index in [1.54, 1.807) is 31.6 Å². The largest absolute Gasteiger partial charge is 0.303 e. The van der Waals surface area contributed by atoms with E-state index in [0.717, 1.165) is 3.57 Å². The second-order valence-electron chi connectivity index (χ2n) is 5.14. The van der Waals surface area contributed by atoms with Gasteiger partial charge >= 0.3 is 0 Å². The summed E-state index contributed by atoms with van der Waals surface area (Å²) < 4.78 is 18.2. The summed E-state index contributed by atoms with van der Waals surface area (Å²) in [4.78, 5) is 12.4. The number of amides is 1. The molecule has 0 bridgehead atoms. The van der Waals surface area contributed by atoms with Crippen LogP contribution in [0, 0.1) is 9.39 Å². The average Bonchev–Trinajstić information content (AvgIpc) is 3.06. The van der Waals surface area contributed by atoms with Gasteiger partial charge in [-0.25, -0.2) is 4.39 Å². The van der Waals surface area contributed by atoms with Crippen LogP contribution in [0.1, 0.15) is 16.1 Å². The lowest BCUT2D eigenvalue weighted by molar-refractivity contribution is 0.101. The zero-order chi connectivity index (χ0) is 18.1. The number of halogens is 4. The first kappa shape index (κ1) is 18.3. The molecule has 3 rings (SSSR count). The minimum absolute atomic E-state index is 0.142. The molecule has 0 aliphatic rings. The van der Waals surface area contributed by atoms with Crippen molar-refractivity contribution in [1.29, 1.82) is 0 Å². The molecule has 0 radical (unpaired) electrons. The normalized spacial score (nSPS) is 10.9. The van der Waals surface area contributed by atoms with E-state index in [2.05, 4.69) is 31.4 Å². The maximum atomic E-state index is 13.9. The quantitative estimate of drug-likeness (QED) is 0.510. The monoisotopic (exact) mass is 537 g/mol. The zero-order valence-corrected chi connectivity index (χ0v) is 17.3. The molecule has 130 valence electrons. The van der Waals surface area contributed by atoms with Crippen LogP contribution in [-0.4, -0.2) is 25.5 Å². The Labute approximate surface area is 169 Å². The van der Waals surface area contributed by atoms with Gasteiger partial charge in [0.25, 0.3) is 5.91 Å². The van der Waals surface area contributed by atoms with E-state index in [1.165, 1.54) is 15.4 Å². The Bertz CT molecular complexity index is 918. The Morgan fingerprint density at radius 1 is 1.48 bits per heavy atom. The third-order valence-corrected chi connectivity index (χ3v) is 5.16. The molecule has 6 nitrogen and oxygen atoms in total. The Morgan fingerprint density at radius 2 is 2.24 bits per heavy atom. The summed E-state index contributed by atoms with van der Waals surface area (Å²) in [6.45, 7) is 0.142. The standard InChI is InChI=1S/C15H11BrClFIN5O/c1-23-13(12(19)5-20-23)15(25)21-14-9(16)7-24(22-14)6-8-10(17)3-2-4-11(8)18/h2-5,7H,6H2,1H3,(H,21,22,25). The molecule has 0 aliphatic heterocycles. The summed E-state index contributed by atoms with van der Waals surface area (Å²) in [6.07, 6.45) is 3.25. The zero-order valence-electron chi connectivity index (χ0n) is 12.8. The van der Waals surface area contributed by atoms with Crippen LogP contribution in [0.3, 0.4) is 0 Å². The van der Waals surface area contributed by atoms with Crippen molar-refractivity contribution in [2.75, 3.05) is 5.32 Å². The second-order valence-corrected chi connectivity index (χ2v) is 7.57. The Balaban J connectivity index is 1.82. The van der Waals surface area contributed by atoms with E-state index in [-0.39, 0.29) is 12.5 Å². The van der Waals surface area contributed by atoms with Gasteiger partial charge in [-0.2, -0.15) is 10.2 Å². The van der Waals surface area contributed by atoms with Gasteiger partial charge in [-0.15, -0.1) is 0 Å². The predicted octanol–water partition coefficient (Wildman–Crippen LogP) is 4.08. The fourth-order valence-corrected chi connectivity index (χ4v) is 3.60. The summed E-state index contributed by atoms with van der Waals surface area (Å²) in [5.41, 5.74) is 0.762. The van der Waals surface area contributed by atoms with Crippen molar-refractivity contribution in [3.8, 4) is 0 Å². The number of nitrogens with one attached hydrogen (secondary N) is 1. The molecule has 0 unspecified atom stereocenters. The summed E-state index contributed by atoms with van der Waals surface area (Å²) in [5, 5.41) is 11.4. The van der Waals surface area contributed by atoms with Crippen molar-refractivity contribution < 1.29 is 9.18 Å². The molecular formula is C15H11BrClFIN5O. The molecule has 1 amide bonds. The fraction of sp³-hybridized carbons (Fsp3) is 0.133. The van der Waals surface area contributed by atoms with Gasteiger partial charge in [0.15, 0.2) is 5.82 Å². The van der Waals surface area contributed by atoms with Crippen molar-refractivity contribution in [3.63, 3.8) is 0 Å². The molecule has 10 heteroatoms. The Morgan fingerprint density at radius 3 is 2.88 bits per heavy atom. The van der Waals surface area contributed by atoms with E-state index in [4.69, 9.17) is 11.6 Å². The first-order valence-electron chi connectivity index (χ1n) is 7.01. The molecule has 0 aliphatic carbocycles.